The zero-order valence-electron chi connectivity index (χ0n) is 8.92. The van der Waals surface area contributed by atoms with Crippen molar-refractivity contribution in [3.8, 4) is 0 Å². The summed E-state index contributed by atoms with van der Waals surface area (Å²) >= 11 is 5.60. The Balaban J connectivity index is 2.22. The third kappa shape index (κ3) is 2.24. The summed E-state index contributed by atoms with van der Waals surface area (Å²) < 4.78 is 1.26. The first kappa shape index (κ1) is 11.5. The van der Waals surface area contributed by atoms with Crippen LogP contribution >= 0.6 is 27.7 Å². The van der Waals surface area contributed by atoms with Gasteiger partial charge in [-0.2, -0.15) is 11.8 Å². The van der Waals surface area contributed by atoms with Gasteiger partial charge in [-0.05, 0) is 30.1 Å². The minimum Gasteiger partial charge on any atom is -0.315 e. The van der Waals surface area contributed by atoms with Crippen LogP contribution in [0, 0.1) is 0 Å². The summed E-state index contributed by atoms with van der Waals surface area (Å²) in [5, 5.41) is 3.41. The van der Waals surface area contributed by atoms with Crippen molar-refractivity contribution in [1.29, 1.82) is 0 Å². The van der Waals surface area contributed by atoms with E-state index in [1.54, 1.807) is 0 Å². The van der Waals surface area contributed by atoms with Gasteiger partial charge in [0.15, 0.2) is 0 Å². The maximum Gasteiger partial charge on any atom is 0.0221 e. The fraction of sp³-hybridized carbons (Fsp3) is 0.500. The third-order valence-electron chi connectivity index (χ3n) is 3.16. The summed E-state index contributed by atoms with van der Waals surface area (Å²) in [5.74, 6) is 1.24. The summed E-state index contributed by atoms with van der Waals surface area (Å²) in [7, 11) is 0. The molecule has 1 aliphatic heterocycles. The van der Waals surface area contributed by atoms with Crippen molar-refractivity contribution in [1.82, 2.24) is 5.32 Å². The number of hydrogen-bond acceptors (Lipinski definition) is 2. The Morgan fingerprint density at radius 2 is 2.13 bits per heavy atom. The molecule has 0 aliphatic carbocycles. The van der Waals surface area contributed by atoms with Crippen LogP contribution in [0.1, 0.15) is 12.0 Å². The smallest absolute Gasteiger partial charge is 0.0221 e. The third-order valence-corrected chi connectivity index (χ3v) is 4.46. The fourth-order valence-corrected chi connectivity index (χ4v) is 3.42. The van der Waals surface area contributed by atoms with Gasteiger partial charge in [0.1, 0.15) is 0 Å². The number of thioether (sulfide) groups is 1. The molecule has 1 saturated heterocycles. The maximum absolute atomic E-state index is 3.66. The molecule has 82 valence electrons. The molecular weight excluding hydrogens is 270 g/mol. The first-order valence-electron chi connectivity index (χ1n) is 5.23. The van der Waals surface area contributed by atoms with Crippen LogP contribution in [0.3, 0.4) is 0 Å². The van der Waals surface area contributed by atoms with Crippen molar-refractivity contribution in [2.24, 2.45) is 0 Å². The predicted molar refractivity (Wildman–Crippen MR) is 71.7 cm³/mol. The molecule has 0 saturated carbocycles. The fourth-order valence-electron chi connectivity index (χ4n) is 2.12. The lowest BCUT2D eigenvalue weighted by Crippen LogP contribution is -2.57. The van der Waals surface area contributed by atoms with Crippen LogP contribution < -0.4 is 5.32 Å². The molecule has 0 radical (unpaired) electrons. The summed E-state index contributed by atoms with van der Waals surface area (Å²) in [6.45, 7) is 2.24. The highest BCUT2D eigenvalue weighted by Gasteiger charge is 2.38. The monoisotopic (exact) mass is 285 g/mol. The van der Waals surface area contributed by atoms with Crippen LogP contribution in [0.25, 0.3) is 0 Å². The maximum atomic E-state index is 3.66. The Bertz CT molecular complexity index is 336. The van der Waals surface area contributed by atoms with Gasteiger partial charge in [0, 0.05) is 23.0 Å². The zero-order valence-corrected chi connectivity index (χ0v) is 11.3. The second kappa shape index (κ2) is 4.89. The van der Waals surface area contributed by atoms with Crippen molar-refractivity contribution < 1.29 is 0 Å². The molecule has 1 aromatic carbocycles. The van der Waals surface area contributed by atoms with E-state index in [0.29, 0.717) is 5.41 Å². The molecule has 1 heterocycles. The Hall–Kier alpha value is 0.01000. The van der Waals surface area contributed by atoms with Crippen LogP contribution in [0.15, 0.2) is 28.7 Å². The highest BCUT2D eigenvalue weighted by Crippen LogP contribution is 2.37. The van der Waals surface area contributed by atoms with Crippen molar-refractivity contribution in [3.05, 3.63) is 34.3 Å². The minimum atomic E-state index is 0.378. The molecule has 1 aliphatic rings. The largest absolute Gasteiger partial charge is 0.315 e. The van der Waals surface area contributed by atoms with E-state index in [9.17, 15) is 0 Å². The van der Waals surface area contributed by atoms with Crippen LogP contribution in [0.5, 0.6) is 0 Å². The first-order chi connectivity index (χ1) is 7.28. The van der Waals surface area contributed by atoms with Crippen molar-refractivity contribution in [3.63, 3.8) is 0 Å². The van der Waals surface area contributed by atoms with Crippen LogP contribution in [-0.4, -0.2) is 25.1 Å². The second-order valence-corrected chi connectivity index (χ2v) is 5.95. The highest BCUT2D eigenvalue weighted by molar-refractivity contribution is 9.10. The van der Waals surface area contributed by atoms with Gasteiger partial charge in [-0.15, -0.1) is 0 Å². The first-order valence-corrected chi connectivity index (χ1v) is 7.42. The molecule has 0 spiro atoms. The lowest BCUT2D eigenvalue weighted by molar-refractivity contribution is 0.268. The van der Waals surface area contributed by atoms with Gasteiger partial charge in [-0.1, -0.05) is 34.1 Å². The molecule has 1 aromatic rings. The van der Waals surface area contributed by atoms with Crippen molar-refractivity contribution >= 4 is 27.7 Å². The number of halogens is 1. The van der Waals surface area contributed by atoms with Crippen LogP contribution in [-0.2, 0) is 5.41 Å². The van der Waals surface area contributed by atoms with E-state index in [1.807, 2.05) is 11.8 Å². The normalized spacial score (nSPS) is 18.5. The lowest BCUT2D eigenvalue weighted by Gasteiger charge is -2.44. The van der Waals surface area contributed by atoms with E-state index in [0.717, 1.165) is 13.1 Å². The molecule has 0 unspecified atom stereocenters. The molecule has 0 atom stereocenters. The molecule has 15 heavy (non-hydrogen) atoms. The average molecular weight is 286 g/mol. The highest BCUT2D eigenvalue weighted by atomic mass is 79.9. The number of rotatable bonds is 4. The van der Waals surface area contributed by atoms with Gasteiger partial charge in [-0.3, -0.25) is 0 Å². The number of hydrogen-bond donors (Lipinski definition) is 1. The van der Waals surface area contributed by atoms with Crippen molar-refractivity contribution in [2.75, 3.05) is 25.1 Å². The molecule has 1 fully saturated rings. The van der Waals surface area contributed by atoms with Gasteiger partial charge >= 0.3 is 0 Å². The van der Waals surface area contributed by atoms with E-state index in [-0.39, 0.29) is 0 Å². The Morgan fingerprint density at radius 1 is 1.40 bits per heavy atom. The molecule has 0 amide bonds. The van der Waals surface area contributed by atoms with E-state index in [1.165, 1.54) is 22.2 Å². The molecule has 0 bridgehead atoms. The van der Waals surface area contributed by atoms with Crippen LogP contribution in [0.2, 0.25) is 0 Å². The lowest BCUT2D eigenvalue weighted by atomic mass is 9.73. The SMILES string of the molecule is CSCCC1(c2ccccc2Br)CNC1. The van der Waals surface area contributed by atoms with Crippen LogP contribution in [0.4, 0.5) is 0 Å². The number of nitrogens with one attached hydrogen (secondary N) is 1. The summed E-state index contributed by atoms with van der Waals surface area (Å²) in [6.07, 6.45) is 3.45. The van der Waals surface area contributed by atoms with Gasteiger partial charge in [0.25, 0.3) is 0 Å². The quantitative estimate of drug-likeness (QED) is 0.913. The molecule has 2 rings (SSSR count). The molecule has 0 aromatic heterocycles. The van der Waals surface area contributed by atoms with Gasteiger partial charge in [-0.25, -0.2) is 0 Å². The van der Waals surface area contributed by atoms with Gasteiger partial charge in [0.2, 0.25) is 0 Å². The van der Waals surface area contributed by atoms with Crippen molar-refractivity contribution in [2.45, 2.75) is 11.8 Å². The van der Waals surface area contributed by atoms with Gasteiger partial charge < -0.3 is 5.32 Å². The second-order valence-electron chi connectivity index (χ2n) is 4.11. The van der Waals surface area contributed by atoms with E-state index in [2.05, 4.69) is 51.8 Å². The summed E-state index contributed by atoms with van der Waals surface area (Å²) in [5.41, 5.74) is 1.85. The zero-order chi connectivity index (χ0) is 10.7. The van der Waals surface area contributed by atoms with Gasteiger partial charge in [0.05, 0.1) is 0 Å². The molecule has 1 nitrogen and oxygen atoms in total. The summed E-state index contributed by atoms with van der Waals surface area (Å²) in [6, 6.07) is 8.63. The molecular formula is C12H16BrNS. The molecule has 3 heteroatoms. The van der Waals surface area contributed by atoms with E-state index in [4.69, 9.17) is 0 Å². The Morgan fingerprint density at radius 3 is 2.67 bits per heavy atom. The Kier molecular flexibility index (Phi) is 3.75. The van der Waals surface area contributed by atoms with E-state index < -0.39 is 0 Å². The number of benzene rings is 1. The Labute approximate surface area is 104 Å². The average Bonchev–Trinajstić information content (AvgIpc) is 2.19. The summed E-state index contributed by atoms with van der Waals surface area (Å²) in [4.78, 5) is 0. The standard InChI is InChI=1S/C12H16BrNS/c1-15-7-6-12(8-14-9-12)10-4-2-3-5-11(10)13/h2-5,14H,6-9H2,1H3. The topological polar surface area (TPSA) is 12.0 Å². The predicted octanol–water partition coefficient (Wildman–Crippen LogP) is 3.04. The van der Waals surface area contributed by atoms with E-state index >= 15 is 0 Å². The minimum absolute atomic E-state index is 0.378. The molecule has 1 N–H and O–H groups in total.